The molecular formula is C23H20N4O2S3. The van der Waals surface area contributed by atoms with Crippen LogP contribution in [0.3, 0.4) is 0 Å². The molecule has 32 heavy (non-hydrogen) atoms. The average molecular weight is 481 g/mol. The second kappa shape index (κ2) is 8.90. The fourth-order valence-corrected chi connectivity index (χ4v) is 6.23. The number of thiophene rings is 2. The van der Waals surface area contributed by atoms with Crippen molar-refractivity contribution in [3.8, 4) is 11.8 Å². The Kier molecular flexibility index (Phi) is 6.20. The summed E-state index contributed by atoms with van der Waals surface area (Å²) >= 11 is 4.08. The Morgan fingerprint density at radius 1 is 1.12 bits per heavy atom. The largest absolute Gasteiger partial charge is 0.316 e. The van der Waals surface area contributed by atoms with Crippen LogP contribution >= 0.6 is 34.4 Å². The quantitative estimate of drug-likeness (QED) is 0.307. The lowest BCUT2D eigenvalue weighted by molar-refractivity contribution is -0.113. The number of rotatable bonds is 5. The number of para-hydroxylation sites is 1. The topological polar surface area (TPSA) is 87.8 Å². The number of carbonyl (C=O) groups is 1. The van der Waals surface area contributed by atoms with Crippen LogP contribution in [0.25, 0.3) is 15.9 Å². The summed E-state index contributed by atoms with van der Waals surface area (Å²) in [5.41, 5.74) is 2.88. The number of nitrogens with zero attached hydrogens (tertiary/aromatic N) is 3. The fraction of sp³-hybridized carbons (Fsp3) is 0.217. The lowest BCUT2D eigenvalue weighted by Crippen LogP contribution is -2.22. The van der Waals surface area contributed by atoms with Crippen LogP contribution < -0.4 is 10.9 Å². The van der Waals surface area contributed by atoms with E-state index in [2.05, 4.69) is 11.4 Å². The number of hydrogen-bond donors (Lipinski definition) is 1. The summed E-state index contributed by atoms with van der Waals surface area (Å²) in [6.45, 7) is 7.71. The van der Waals surface area contributed by atoms with Crippen LogP contribution in [0.1, 0.15) is 26.4 Å². The maximum atomic E-state index is 13.4. The molecule has 0 aliphatic heterocycles. The van der Waals surface area contributed by atoms with Gasteiger partial charge in [-0.05, 0) is 51.0 Å². The normalized spacial score (nSPS) is 11.0. The van der Waals surface area contributed by atoms with Crippen molar-refractivity contribution in [3.63, 3.8) is 0 Å². The predicted molar refractivity (Wildman–Crippen MR) is 133 cm³/mol. The van der Waals surface area contributed by atoms with Gasteiger partial charge >= 0.3 is 0 Å². The minimum absolute atomic E-state index is 0.0645. The molecule has 0 unspecified atom stereocenters. The van der Waals surface area contributed by atoms with Gasteiger partial charge < -0.3 is 5.32 Å². The Morgan fingerprint density at radius 3 is 2.50 bits per heavy atom. The first kappa shape index (κ1) is 22.3. The van der Waals surface area contributed by atoms with Gasteiger partial charge in [-0.1, -0.05) is 30.0 Å². The van der Waals surface area contributed by atoms with E-state index < -0.39 is 0 Å². The summed E-state index contributed by atoms with van der Waals surface area (Å²) in [4.78, 5) is 33.6. The van der Waals surface area contributed by atoms with Crippen molar-refractivity contribution in [1.29, 1.82) is 5.26 Å². The van der Waals surface area contributed by atoms with Gasteiger partial charge in [0.15, 0.2) is 5.16 Å². The van der Waals surface area contributed by atoms with Gasteiger partial charge in [0, 0.05) is 9.75 Å². The maximum absolute atomic E-state index is 13.4. The van der Waals surface area contributed by atoms with Crippen molar-refractivity contribution in [1.82, 2.24) is 9.55 Å². The van der Waals surface area contributed by atoms with Gasteiger partial charge in [-0.25, -0.2) is 4.98 Å². The van der Waals surface area contributed by atoms with Gasteiger partial charge in [0.2, 0.25) is 5.91 Å². The Morgan fingerprint density at radius 2 is 1.81 bits per heavy atom. The lowest BCUT2D eigenvalue weighted by atomic mass is 10.2. The third-order valence-electron chi connectivity index (χ3n) is 5.27. The fourth-order valence-electron chi connectivity index (χ4n) is 3.32. The van der Waals surface area contributed by atoms with Gasteiger partial charge in [-0.2, -0.15) is 5.26 Å². The number of carbonyl (C=O) groups excluding carboxylic acids is 1. The number of amides is 1. The van der Waals surface area contributed by atoms with Gasteiger partial charge in [0.05, 0.1) is 22.4 Å². The molecule has 6 nitrogen and oxygen atoms in total. The molecule has 3 heterocycles. The monoisotopic (exact) mass is 480 g/mol. The van der Waals surface area contributed by atoms with Crippen molar-refractivity contribution in [2.75, 3.05) is 11.1 Å². The molecule has 3 aromatic heterocycles. The van der Waals surface area contributed by atoms with E-state index in [9.17, 15) is 14.9 Å². The molecule has 0 aliphatic rings. The molecule has 4 rings (SSSR count). The molecule has 0 atom stereocenters. The van der Waals surface area contributed by atoms with E-state index in [0.717, 1.165) is 20.9 Å². The SMILES string of the molecule is Cc1sc(NC(=O)CSc2nc3sc(C)c(C)c3c(=O)n2-c2ccccc2)c(C#N)c1C. The summed E-state index contributed by atoms with van der Waals surface area (Å²) in [6.07, 6.45) is 0. The van der Waals surface area contributed by atoms with E-state index in [4.69, 9.17) is 4.98 Å². The molecule has 0 aliphatic carbocycles. The Bertz CT molecular complexity index is 1440. The van der Waals surface area contributed by atoms with Crippen LogP contribution in [0.15, 0.2) is 40.3 Å². The first-order valence-corrected chi connectivity index (χ1v) is 12.4. The highest BCUT2D eigenvalue weighted by molar-refractivity contribution is 7.99. The van der Waals surface area contributed by atoms with E-state index >= 15 is 0 Å². The summed E-state index contributed by atoms with van der Waals surface area (Å²) < 4.78 is 1.57. The van der Waals surface area contributed by atoms with Crippen LogP contribution in [0.5, 0.6) is 0 Å². The lowest BCUT2D eigenvalue weighted by Gasteiger charge is -2.12. The zero-order valence-electron chi connectivity index (χ0n) is 18.0. The van der Waals surface area contributed by atoms with Crippen molar-refractivity contribution >= 4 is 55.6 Å². The van der Waals surface area contributed by atoms with Gasteiger partial charge in [-0.15, -0.1) is 22.7 Å². The molecule has 1 aromatic carbocycles. The van der Waals surface area contributed by atoms with Gasteiger partial charge in [0.1, 0.15) is 15.9 Å². The number of anilines is 1. The van der Waals surface area contributed by atoms with Crippen molar-refractivity contribution < 1.29 is 4.79 Å². The Hall–Kier alpha value is -2.93. The predicted octanol–water partition coefficient (Wildman–Crippen LogP) is 5.34. The van der Waals surface area contributed by atoms with Gasteiger partial charge in [-0.3, -0.25) is 14.2 Å². The van der Waals surface area contributed by atoms with Gasteiger partial charge in [0.25, 0.3) is 5.56 Å². The summed E-state index contributed by atoms with van der Waals surface area (Å²) in [6, 6.07) is 11.5. The number of nitrogens with one attached hydrogen (secondary N) is 1. The molecule has 162 valence electrons. The molecule has 1 amide bonds. The first-order valence-electron chi connectivity index (χ1n) is 9.82. The maximum Gasteiger partial charge on any atom is 0.267 e. The van der Waals surface area contributed by atoms with E-state index in [1.165, 1.54) is 34.4 Å². The third-order valence-corrected chi connectivity index (χ3v) is 8.43. The van der Waals surface area contributed by atoms with Crippen molar-refractivity contribution in [3.05, 3.63) is 67.1 Å². The molecule has 0 saturated heterocycles. The van der Waals surface area contributed by atoms with E-state index in [-0.39, 0.29) is 17.2 Å². The molecule has 1 N–H and O–H groups in total. The van der Waals surface area contributed by atoms with E-state index in [1.54, 1.807) is 4.57 Å². The summed E-state index contributed by atoms with van der Waals surface area (Å²) in [7, 11) is 0. The van der Waals surface area contributed by atoms with Crippen molar-refractivity contribution in [2.45, 2.75) is 32.9 Å². The Balaban J connectivity index is 1.69. The average Bonchev–Trinajstić information content (AvgIpc) is 3.21. The second-order valence-corrected chi connectivity index (χ2v) is 10.6. The zero-order chi connectivity index (χ0) is 23.0. The van der Waals surface area contributed by atoms with Crippen LogP contribution in [-0.4, -0.2) is 21.2 Å². The second-order valence-electron chi connectivity index (χ2n) is 7.27. The number of thioether (sulfide) groups is 1. The molecular weight excluding hydrogens is 460 g/mol. The number of aryl methyl sites for hydroxylation is 3. The van der Waals surface area contributed by atoms with E-state index in [1.807, 2.05) is 58.0 Å². The number of aromatic nitrogens is 2. The minimum Gasteiger partial charge on any atom is -0.316 e. The molecule has 9 heteroatoms. The number of benzene rings is 1. The standard InChI is InChI=1S/C23H20N4O2S3/c1-12-14(3)31-20(17(12)10-24)25-18(28)11-30-23-26-21-19(13(2)15(4)32-21)22(29)27(23)16-8-6-5-7-9-16/h5-9H,11H2,1-4H3,(H,25,28). The zero-order valence-corrected chi connectivity index (χ0v) is 20.4. The molecule has 0 spiro atoms. The highest BCUT2D eigenvalue weighted by Gasteiger charge is 2.20. The number of hydrogen-bond acceptors (Lipinski definition) is 7. The minimum atomic E-state index is -0.250. The molecule has 0 radical (unpaired) electrons. The summed E-state index contributed by atoms with van der Waals surface area (Å²) in [5.74, 6) is -0.185. The number of nitriles is 1. The van der Waals surface area contributed by atoms with Crippen molar-refractivity contribution in [2.24, 2.45) is 0 Å². The smallest absolute Gasteiger partial charge is 0.267 e. The first-order chi connectivity index (χ1) is 15.3. The highest BCUT2D eigenvalue weighted by atomic mass is 32.2. The highest BCUT2D eigenvalue weighted by Crippen LogP contribution is 2.32. The summed E-state index contributed by atoms with van der Waals surface area (Å²) in [5, 5.41) is 13.9. The van der Waals surface area contributed by atoms with Crippen LogP contribution in [0.4, 0.5) is 5.00 Å². The molecule has 4 aromatic rings. The van der Waals surface area contributed by atoms with Crippen LogP contribution in [-0.2, 0) is 4.79 Å². The molecule has 0 saturated carbocycles. The third kappa shape index (κ3) is 3.97. The molecule has 0 fully saturated rings. The van der Waals surface area contributed by atoms with Crippen LogP contribution in [0, 0.1) is 39.0 Å². The number of fused-ring (bicyclic) bond motifs is 1. The molecule has 0 bridgehead atoms. The van der Waals surface area contributed by atoms with Crippen LogP contribution in [0.2, 0.25) is 0 Å². The Labute approximate surface area is 197 Å². The van der Waals surface area contributed by atoms with E-state index in [0.29, 0.717) is 31.6 Å².